The number of para-hydroxylation sites is 1. The molecular formula is C29H39FN5O9P. The van der Waals surface area contributed by atoms with E-state index >= 15 is 4.39 Å². The molecular weight excluding hydrogens is 612 g/mol. The molecule has 0 amide bonds. The van der Waals surface area contributed by atoms with Crippen molar-refractivity contribution in [2.75, 3.05) is 18.9 Å². The summed E-state index contributed by atoms with van der Waals surface area (Å²) in [7, 11) is -4.53. The van der Waals surface area contributed by atoms with E-state index in [9.17, 15) is 19.6 Å². The first-order chi connectivity index (χ1) is 21.3. The molecule has 1 saturated heterocycles. The summed E-state index contributed by atoms with van der Waals surface area (Å²) in [5.74, 6) is -4.66. The molecule has 45 heavy (non-hydrogen) atoms. The molecule has 1 aliphatic carbocycles. The van der Waals surface area contributed by atoms with Crippen LogP contribution in [0.25, 0.3) is 0 Å². The zero-order valence-corrected chi connectivity index (χ0v) is 26.2. The van der Waals surface area contributed by atoms with Gasteiger partial charge in [-0.05, 0) is 58.6 Å². The van der Waals surface area contributed by atoms with Crippen molar-refractivity contribution in [1.29, 1.82) is 0 Å². The number of fused-ring (bicyclic) bond motifs is 1. The molecule has 0 bridgehead atoms. The molecule has 5 rings (SSSR count). The van der Waals surface area contributed by atoms with Crippen LogP contribution in [0.2, 0.25) is 0 Å². The monoisotopic (exact) mass is 651 g/mol. The Hall–Kier alpha value is -3.20. The van der Waals surface area contributed by atoms with E-state index in [0.29, 0.717) is 0 Å². The fourth-order valence-electron chi connectivity index (χ4n) is 5.66. The van der Waals surface area contributed by atoms with Crippen molar-refractivity contribution in [3.05, 3.63) is 36.0 Å². The molecule has 1 aromatic heterocycles. The number of hydrogen-bond acceptors (Lipinski definition) is 13. The highest BCUT2D eigenvalue weighted by Crippen LogP contribution is 2.52. The highest BCUT2D eigenvalue weighted by Gasteiger charge is 2.65. The van der Waals surface area contributed by atoms with Gasteiger partial charge in [0.05, 0.1) is 18.2 Å². The molecule has 2 aromatic rings. The lowest BCUT2D eigenvalue weighted by Crippen LogP contribution is -2.51. The number of aliphatic imine (C=N–C) groups is 1. The number of aromatic nitrogens is 2. The standard InChI is InChI=1S/C29H39FN5O9P/c1-4-40-24-22-21(33-27(31)34-24)20(15-32-22)23-28(3,38)26(37)29(30,43-23)16-41-45(39,44-19-13-9-6-10-14-19)35-17(2)25(36)42-18-11-7-5-8-12-18/h6,9-10,13-15,17-18,20,23,26,37-38H,4-5,7-8,11-12,16H2,1-3H3,(H,35,39)(H2,31,33,34)/t17?,20?,23-,26-,28-,29+,45?/m0/s1. The third-order valence-corrected chi connectivity index (χ3v) is 9.61. The van der Waals surface area contributed by atoms with Gasteiger partial charge in [-0.25, -0.2) is 13.9 Å². The van der Waals surface area contributed by atoms with Crippen LogP contribution >= 0.6 is 7.75 Å². The van der Waals surface area contributed by atoms with E-state index in [2.05, 4.69) is 20.0 Å². The van der Waals surface area contributed by atoms with Crippen LogP contribution in [0.1, 0.15) is 64.5 Å². The van der Waals surface area contributed by atoms with Crippen LogP contribution in [-0.2, 0) is 23.4 Å². The number of anilines is 1. The predicted molar refractivity (Wildman–Crippen MR) is 160 cm³/mol. The Balaban J connectivity index is 1.34. The number of aliphatic hydroxyl groups is 2. The molecule has 2 aliphatic heterocycles. The molecule has 0 radical (unpaired) electrons. The summed E-state index contributed by atoms with van der Waals surface area (Å²) < 4.78 is 58.3. The Bertz CT molecular complexity index is 1440. The summed E-state index contributed by atoms with van der Waals surface area (Å²) in [5, 5.41) is 24.8. The Labute approximate surface area is 260 Å². The quantitative estimate of drug-likeness (QED) is 0.192. The first-order valence-electron chi connectivity index (χ1n) is 14.9. The van der Waals surface area contributed by atoms with E-state index in [1.165, 1.54) is 32.2 Å². The molecule has 7 atom stereocenters. The molecule has 2 fully saturated rings. The zero-order valence-electron chi connectivity index (χ0n) is 25.3. The normalized spacial score (nSPS) is 30.0. The van der Waals surface area contributed by atoms with Gasteiger partial charge in [0.15, 0.2) is 0 Å². The third-order valence-electron chi connectivity index (χ3n) is 7.98. The number of hydrogen-bond donors (Lipinski definition) is 4. The number of carbonyl (C=O) groups excluding carboxylic acids is 1. The lowest BCUT2D eigenvalue weighted by Gasteiger charge is -2.30. The van der Waals surface area contributed by atoms with Crippen molar-refractivity contribution in [3.63, 3.8) is 0 Å². The maximum absolute atomic E-state index is 16.5. The molecule has 5 N–H and O–H groups in total. The number of esters is 1. The van der Waals surface area contributed by atoms with Gasteiger partial charge < -0.3 is 34.7 Å². The number of alkyl halides is 1. The van der Waals surface area contributed by atoms with Crippen molar-refractivity contribution < 1.29 is 47.2 Å². The van der Waals surface area contributed by atoms with Crippen LogP contribution in [0, 0.1) is 0 Å². The molecule has 1 saturated carbocycles. The topological polar surface area (TPSA) is 197 Å². The molecule has 1 aromatic carbocycles. The van der Waals surface area contributed by atoms with E-state index in [4.69, 9.17) is 29.0 Å². The fourth-order valence-corrected chi connectivity index (χ4v) is 7.17. The van der Waals surface area contributed by atoms with Crippen molar-refractivity contribution in [2.45, 2.75) is 94.6 Å². The first-order valence-corrected chi connectivity index (χ1v) is 16.5. The summed E-state index contributed by atoms with van der Waals surface area (Å²) >= 11 is 0. The Morgan fingerprint density at radius 1 is 1.24 bits per heavy atom. The zero-order chi connectivity index (χ0) is 32.4. The number of carbonyl (C=O) groups is 1. The highest BCUT2D eigenvalue weighted by molar-refractivity contribution is 7.52. The SMILES string of the molecule is CCOc1nc(N)nc2c1N=CC2[C@@H]1O[C@](F)(COP(=O)(NC(C)C(=O)OC2CCCCC2)Oc2ccccc2)[C@@H](O)[C@@]1(C)O. The minimum Gasteiger partial charge on any atom is -0.476 e. The number of rotatable bonds is 12. The number of nitrogens with one attached hydrogen (secondary N) is 1. The average Bonchev–Trinajstić information content (AvgIpc) is 3.50. The summed E-state index contributed by atoms with van der Waals surface area (Å²) in [6, 6.07) is 6.78. The lowest BCUT2D eigenvalue weighted by molar-refractivity contribution is -0.193. The second kappa shape index (κ2) is 13.3. The van der Waals surface area contributed by atoms with Gasteiger partial charge in [-0.1, -0.05) is 24.6 Å². The highest BCUT2D eigenvalue weighted by atomic mass is 31.2. The van der Waals surface area contributed by atoms with Crippen LogP contribution in [0.15, 0.2) is 35.3 Å². The number of nitrogens with two attached hydrogens (primary N) is 1. The van der Waals surface area contributed by atoms with Crippen LogP contribution in [0.4, 0.5) is 16.0 Å². The molecule has 3 unspecified atom stereocenters. The number of benzene rings is 1. The van der Waals surface area contributed by atoms with Crippen LogP contribution in [0.5, 0.6) is 11.6 Å². The summed E-state index contributed by atoms with van der Waals surface area (Å²) in [5.41, 5.74) is 4.08. The third kappa shape index (κ3) is 7.13. The van der Waals surface area contributed by atoms with Crippen molar-refractivity contribution >= 4 is 31.6 Å². The average molecular weight is 652 g/mol. The smallest absolute Gasteiger partial charge is 0.459 e. The van der Waals surface area contributed by atoms with Gasteiger partial charge >= 0.3 is 13.7 Å². The number of halogens is 1. The molecule has 3 heterocycles. The van der Waals surface area contributed by atoms with Crippen molar-refractivity contribution in [3.8, 4) is 11.6 Å². The maximum atomic E-state index is 16.5. The number of nitrogens with zero attached hydrogens (tertiary/aromatic N) is 3. The molecule has 246 valence electrons. The first kappa shape index (κ1) is 33.2. The van der Waals surface area contributed by atoms with Gasteiger partial charge in [-0.3, -0.25) is 14.3 Å². The number of nitrogen functional groups attached to an aromatic ring is 1. The van der Waals surface area contributed by atoms with Gasteiger partial charge in [-0.2, -0.15) is 10.1 Å². The molecule has 3 aliphatic rings. The van der Waals surface area contributed by atoms with Crippen LogP contribution < -0.4 is 20.1 Å². The summed E-state index contributed by atoms with van der Waals surface area (Å²) in [6.07, 6.45) is 1.90. The van der Waals surface area contributed by atoms with Gasteiger partial charge in [0.25, 0.3) is 5.85 Å². The van der Waals surface area contributed by atoms with E-state index in [-0.39, 0.29) is 41.7 Å². The molecule has 16 heteroatoms. The number of aliphatic hydroxyl groups excluding tert-OH is 1. The fraction of sp³-hybridized carbons (Fsp3) is 0.586. The second-order valence-corrected chi connectivity index (χ2v) is 13.2. The maximum Gasteiger partial charge on any atom is 0.459 e. The van der Waals surface area contributed by atoms with E-state index < -0.39 is 55.9 Å². The lowest BCUT2D eigenvalue weighted by atomic mass is 9.84. The van der Waals surface area contributed by atoms with Crippen LogP contribution in [-0.4, -0.2) is 81.4 Å². The van der Waals surface area contributed by atoms with Gasteiger partial charge in [0.1, 0.15) is 48.0 Å². The Morgan fingerprint density at radius 3 is 2.64 bits per heavy atom. The summed E-state index contributed by atoms with van der Waals surface area (Å²) in [6.45, 7) is 3.46. The predicted octanol–water partition coefficient (Wildman–Crippen LogP) is 3.49. The number of ether oxygens (including phenoxy) is 3. The van der Waals surface area contributed by atoms with Gasteiger partial charge in [0.2, 0.25) is 11.8 Å². The van der Waals surface area contributed by atoms with E-state index in [1.54, 1.807) is 25.1 Å². The van der Waals surface area contributed by atoms with Crippen molar-refractivity contribution in [1.82, 2.24) is 15.1 Å². The minimum atomic E-state index is -4.53. The molecule has 14 nitrogen and oxygen atoms in total. The Kier molecular flexibility index (Phi) is 9.78. The minimum absolute atomic E-state index is 0.105. The largest absolute Gasteiger partial charge is 0.476 e. The van der Waals surface area contributed by atoms with Gasteiger partial charge in [-0.15, -0.1) is 0 Å². The second-order valence-electron chi connectivity index (χ2n) is 11.5. The van der Waals surface area contributed by atoms with Gasteiger partial charge in [0, 0.05) is 6.21 Å². The van der Waals surface area contributed by atoms with E-state index in [0.717, 1.165) is 32.1 Å². The summed E-state index contributed by atoms with van der Waals surface area (Å²) in [4.78, 5) is 25.4. The molecule has 0 spiro atoms. The van der Waals surface area contributed by atoms with E-state index in [1.807, 2.05) is 0 Å². The van der Waals surface area contributed by atoms with Crippen LogP contribution in [0.3, 0.4) is 0 Å². The Morgan fingerprint density at radius 2 is 1.96 bits per heavy atom. The van der Waals surface area contributed by atoms with Crippen molar-refractivity contribution in [2.24, 2.45) is 4.99 Å².